The zero-order chi connectivity index (χ0) is 10.2. The van der Waals surface area contributed by atoms with Gasteiger partial charge in [-0.3, -0.25) is 0 Å². The van der Waals surface area contributed by atoms with E-state index in [1.54, 1.807) is 3.58 Å². The number of fused-ring (bicyclic) bond motifs is 1. The van der Waals surface area contributed by atoms with Crippen molar-refractivity contribution in [3.05, 3.63) is 42.7 Å². The standard InChI is InChI=1S/C9H7N.3CH3.Sn/c1-3-7-10-8-4-2-6-9(10)5-1;;;;/h1,3-8H;3*1H3;/q+1;;;;. The van der Waals surface area contributed by atoms with Crippen LogP contribution in [0, 0.1) is 0 Å². The molecule has 0 aromatic carbocycles. The first-order valence-electron chi connectivity index (χ1n) is 4.98. The number of hydrogen-bond acceptors (Lipinski definition) is 0. The Morgan fingerprint density at radius 2 is 1.79 bits per heavy atom. The van der Waals surface area contributed by atoms with Gasteiger partial charge in [-0.25, -0.2) is 0 Å². The second-order valence-electron chi connectivity index (χ2n) is 4.70. The molecule has 2 rings (SSSR count). The Morgan fingerprint density at radius 3 is 2.50 bits per heavy atom. The van der Waals surface area contributed by atoms with Crippen molar-refractivity contribution in [3.8, 4) is 0 Å². The van der Waals surface area contributed by atoms with Crippen LogP contribution in [0.5, 0.6) is 0 Å². The molecule has 2 heteroatoms. The zero-order valence-corrected chi connectivity index (χ0v) is 11.8. The van der Waals surface area contributed by atoms with E-state index in [1.807, 2.05) is 0 Å². The van der Waals surface area contributed by atoms with Crippen molar-refractivity contribution in [1.29, 1.82) is 0 Å². The number of pyridine rings is 2. The van der Waals surface area contributed by atoms with Crippen LogP contribution in [0.3, 0.4) is 0 Å². The predicted molar refractivity (Wildman–Crippen MR) is 62.6 cm³/mol. The number of nitrogens with zero attached hydrogens (tertiary/aromatic N) is 1. The molecule has 0 fully saturated rings. The van der Waals surface area contributed by atoms with Crippen LogP contribution >= 0.6 is 0 Å². The molecular formula is C12H16NSn+. The van der Waals surface area contributed by atoms with E-state index in [0.717, 1.165) is 0 Å². The Balaban J connectivity index is 2.63. The first kappa shape index (κ1) is 9.96. The van der Waals surface area contributed by atoms with Gasteiger partial charge >= 0.3 is 89.4 Å². The Bertz CT molecular complexity index is 457. The quantitative estimate of drug-likeness (QED) is 0.559. The molecule has 0 saturated heterocycles. The van der Waals surface area contributed by atoms with Crippen LogP contribution in [0.15, 0.2) is 42.7 Å². The minimum absolute atomic E-state index is 1.30. The summed E-state index contributed by atoms with van der Waals surface area (Å²) in [6.07, 6.45) is 4.27. The van der Waals surface area contributed by atoms with Crippen LogP contribution in [-0.2, 0) is 0 Å². The monoisotopic (exact) mass is 294 g/mol. The van der Waals surface area contributed by atoms with Crippen LogP contribution in [-0.4, -0.2) is 18.4 Å². The molecule has 0 atom stereocenters. The fourth-order valence-electron chi connectivity index (χ4n) is 1.56. The SMILES string of the molecule is [CH3][Sn]([CH3])([CH3])[c]1cc[n+]2ccccc2c1. The fourth-order valence-corrected chi connectivity index (χ4v) is 4.86. The Hall–Kier alpha value is -0.571. The van der Waals surface area contributed by atoms with E-state index in [0.29, 0.717) is 0 Å². The van der Waals surface area contributed by atoms with Crippen LogP contribution < -0.4 is 7.98 Å². The van der Waals surface area contributed by atoms with Crippen molar-refractivity contribution in [2.24, 2.45) is 0 Å². The molecule has 0 aliphatic heterocycles. The summed E-state index contributed by atoms with van der Waals surface area (Å²) in [5.41, 5.74) is 1.30. The normalized spacial score (nSPS) is 11.9. The molecule has 2 aromatic rings. The molecule has 2 aromatic heterocycles. The topological polar surface area (TPSA) is 4.10 Å². The van der Waals surface area contributed by atoms with E-state index in [1.165, 1.54) is 5.52 Å². The third kappa shape index (κ3) is 1.92. The molecule has 14 heavy (non-hydrogen) atoms. The van der Waals surface area contributed by atoms with Crippen molar-refractivity contribution in [2.45, 2.75) is 14.8 Å². The van der Waals surface area contributed by atoms with Crippen LogP contribution in [0.25, 0.3) is 5.52 Å². The number of hydrogen-bond donors (Lipinski definition) is 0. The average Bonchev–Trinajstić information content (AvgIpc) is 2.16. The van der Waals surface area contributed by atoms with Gasteiger partial charge in [0.25, 0.3) is 0 Å². The molecule has 0 saturated carbocycles. The van der Waals surface area contributed by atoms with Crippen molar-refractivity contribution in [2.75, 3.05) is 0 Å². The number of aromatic nitrogens is 1. The van der Waals surface area contributed by atoms with E-state index < -0.39 is 18.4 Å². The van der Waals surface area contributed by atoms with Gasteiger partial charge in [0.2, 0.25) is 0 Å². The second kappa shape index (κ2) is 3.54. The Labute approximate surface area is 89.3 Å². The maximum atomic E-state index is 2.45. The molecule has 2 heterocycles. The summed E-state index contributed by atoms with van der Waals surface area (Å²) in [7, 11) is 0. The van der Waals surface area contributed by atoms with E-state index in [9.17, 15) is 0 Å². The van der Waals surface area contributed by atoms with Crippen LogP contribution in [0.1, 0.15) is 0 Å². The predicted octanol–water partition coefficient (Wildman–Crippen LogP) is 1.97. The first-order valence-corrected chi connectivity index (χ1v) is 15.0. The average molecular weight is 293 g/mol. The molecular weight excluding hydrogens is 277 g/mol. The summed E-state index contributed by atoms with van der Waals surface area (Å²) in [6.45, 7) is 0. The maximum absolute atomic E-state index is 2.45. The van der Waals surface area contributed by atoms with E-state index >= 15 is 0 Å². The van der Waals surface area contributed by atoms with Gasteiger partial charge in [-0.2, -0.15) is 0 Å². The van der Waals surface area contributed by atoms with E-state index in [-0.39, 0.29) is 0 Å². The molecule has 0 aliphatic carbocycles. The molecule has 0 unspecified atom stereocenters. The molecule has 1 nitrogen and oxygen atoms in total. The van der Waals surface area contributed by atoms with Crippen molar-refractivity contribution >= 4 is 27.5 Å². The summed E-state index contributed by atoms with van der Waals surface area (Å²) >= 11 is -1.88. The van der Waals surface area contributed by atoms with Gasteiger partial charge in [-0.1, -0.05) is 0 Å². The van der Waals surface area contributed by atoms with Crippen molar-refractivity contribution in [3.63, 3.8) is 0 Å². The summed E-state index contributed by atoms with van der Waals surface area (Å²) < 4.78 is 3.76. The second-order valence-corrected chi connectivity index (χ2v) is 19.2. The van der Waals surface area contributed by atoms with Gasteiger partial charge in [0.15, 0.2) is 0 Å². The molecule has 0 aliphatic rings. The van der Waals surface area contributed by atoms with Gasteiger partial charge in [0.05, 0.1) is 0 Å². The summed E-state index contributed by atoms with van der Waals surface area (Å²) in [5.74, 6) is 0. The zero-order valence-electron chi connectivity index (χ0n) is 8.99. The first-order chi connectivity index (χ1) is 6.57. The molecule has 72 valence electrons. The Morgan fingerprint density at radius 1 is 1.00 bits per heavy atom. The van der Waals surface area contributed by atoms with Gasteiger partial charge in [0.1, 0.15) is 0 Å². The van der Waals surface area contributed by atoms with Gasteiger partial charge in [-0.05, 0) is 0 Å². The molecule has 0 amide bonds. The minimum atomic E-state index is -1.88. The summed E-state index contributed by atoms with van der Waals surface area (Å²) in [4.78, 5) is 7.34. The Kier molecular flexibility index (Phi) is 2.52. The molecule has 0 spiro atoms. The van der Waals surface area contributed by atoms with Crippen molar-refractivity contribution in [1.82, 2.24) is 0 Å². The fraction of sp³-hybridized carbons (Fsp3) is 0.250. The van der Waals surface area contributed by atoms with Crippen LogP contribution in [0.2, 0.25) is 14.8 Å². The van der Waals surface area contributed by atoms with E-state index in [2.05, 4.69) is 61.9 Å². The molecule has 0 N–H and O–H groups in total. The number of rotatable bonds is 1. The summed E-state index contributed by atoms with van der Waals surface area (Å²) in [6, 6.07) is 10.9. The van der Waals surface area contributed by atoms with Gasteiger partial charge in [-0.15, -0.1) is 0 Å². The van der Waals surface area contributed by atoms with E-state index in [4.69, 9.17) is 0 Å². The molecule has 0 radical (unpaired) electrons. The summed E-state index contributed by atoms with van der Waals surface area (Å²) in [5, 5.41) is 0. The third-order valence-electron chi connectivity index (χ3n) is 2.51. The van der Waals surface area contributed by atoms with Crippen LogP contribution in [0.4, 0.5) is 0 Å². The third-order valence-corrected chi connectivity index (χ3v) is 8.34. The molecule has 0 bridgehead atoms. The van der Waals surface area contributed by atoms with Gasteiger partial charge < -0.3 is 0 Å². The van der Waals surface area contributed by atoms with Gasteiger partial charge in [0, 0.05) is 0 Å². The van der Waals surface area contributed by atoms with Crippen molar-refractivity contribution < 1.29 is 4.40 Å².